The molecule has 0 unspecified atom stereocenters. The van der Waals surface area contributed by atoms with Gasteiger partial charge in [-0.3, -0.25) is 14.4 Å². The van der Waals surface area contributed by atoms with Crippen molar-refractivity contribution in [1.29, 1.82) is 0 Å². The number of nitrogens with one attached hydrogen (secondary N) is 1. The van der Waals surface area contributed by atoms with Crippen LogP contribution in [-0.2, 0) is 19.1 Å². The van der Waals surface area contributed by atoms with E-state index in [9.17, 15) is 18.8 Å². The second-order valence-corrected chi connectivity index (χ2v) is 6.28. The van der Waals surface area contributed by atoms with E-state index in [1.807, 2.05) is 0 Å². The predicted octanol–water partition coefficient (Wildman–Crippen LogP) is 2.42. The summed E-state index contributed by atoms with van der Waals surface area (Å²) in [6.45, 7) is 1.84. The summed E-state index contributed by atoms with van der Waals surface area (Å²) in [4.78, 5) is 37.6. The number of rotatable bonds is 8. The normalized spacial score (nSPS) is 14.1. The largest absolute Gasteiger partial charge is 0.465 e. The summed E-state index contributed by atoms with van der Waals surface area (Å²) >= 11 is 0. The molecule has 1 aromatic carbocycles. The number of halogens is 1. The average molecular weight is 364 g/mol. The van der Waals surface area contributed by atoms with Crippen LogP contribution in [0.3, 0.4) is 0 Å². The summed E-state index contributed by atoms with van der Waals surface area (Å²) in [7, 11) is 0. The van der Waals surface area contributed by atoms with Gasteiger partial charge in [0, 0.05) is 24.6 Å². The van der Waals surface area contributed by atoms with Gasteiger partial charge in [0.05, 0.1) is 6.61 Å². The maximum Gasteiger partial charge on any atom is 0.326 e. The van der Waals surface area contributed by atoms with Crippen LogP contribution in [0.1, 0.15) is 39.0 Å². The predicted molar refractivity (Wildman–Crippen MR) is 95.0 cm³/mol. The molecule has 1 saturated carbocycles. The van der Waals surface area contributed by atoms with Crippen LogP contribution in [0.25, 0.3) is 0 Å². The highest BCUT2D eigenvalue weighted by molar-refractivity contribution is 5.98. The highest BCUT2D eigenvalue weighted by Crippen LogP contribution is 2.24. The molecule has 0 bridgehead atoms. The van der Waals surface area contributed by atoms with Gasteiger partial charge in [-0.05, 0) is 44.0 Å². The Morgan fingerprint density at radius 1 is 1.19 bits per heavy atom. The highest BCUT2D eigenvalue weighted by Gasteiger charge is 2.23. The number of ether oxygens (including phenoxy) is 1. The lowest BCUT2D eigenvalue weighted by atomic mass is 10.1. The Labute approximate surface area is 152 Å². The molecule has 142 valence electrons. The lowest BCUT2D eigenvalue weighted by molar-refractivity contribution is -0.142. The summed E-state index contributed by atoms with van der Waals surface area (Å²) in [6, 6.07) is 5.32. The molecule has 0 saturated heterocycles. The van der Waals surface area contributed by atoms with E-state index in [2.05, 4.69) is 5.32 Å². The van der Waals surface area contributed by atoms with Crippen LogP contribution in [0, 0.1) is 11.7 Å². The zero-order valence-corrected chi connectivity index (χ0v) is 15.0. The first-order chi connectivity index (χ1) is 12.5. The van der Waals surface area contributed by atoms with E-state index >= 15 is 0 Å². The molecule has 2 rings (SSSR count). The molecule has 26 heavy (non-hydrogen) atoms. The number of hydrogen-bond donors (Lipinski definition) is 1. The number of anilines is 1. The lowest BCUT2D eigenvalue weighted by Gasteiger charge is -2.22. The number of carbonyl (C=O) groups excluding carboxylic acids is 3. The van der Waals surface area contributed by atoms with E-state index in [1.165, 1.54) is 29.2 Å². The van der Waals surface area contributed by atoms with Crippen LogP contribution in [0.4, 0.5) is 10.1 Å². The van der Waals surface area contributed by atoms with E-state index in [0.29, 0.717) is 5.69 Å². The smallest absolute Gasteiger partial charge is 0.326 e. The Kier molecular flexibility index (Phi) is 7.56. The standard InChI is InChI=1S/C19H25FN2O4/c1-2-26-18(24)13-22(16-9-7-15(20)8-10-16)17(23)11-12-21-19(25)14-5-3-4-6-14/h7-10,14H,2-6,11-13H2,1H3,(H,21,25). The molecule has 0 aromatic heterocycles. The minimum atomic E-state index is -0.542. The van der Waals surface area contributed by atoms with Crippen molar-refractivity contribution in [3.05, 3.63) is 30.1 Å². The third kappa shape index (κ3) is 5.82. The zero-order chi connectivity index (χ0) is 18.9. The fourth-order valence-corrected chi connectivity index (χ4v) is 3.04. The van der Waals surface area contributed by atoms with Crippen molar-refractivity contribution in [1.82, 2.24) is 5.32 Å². The minimum Gasteiger partial charge on any atom is -0.465 e. The van der Waals surface area contributed by atoms with Gasteiger partial charge in [-0.15, -0.1) is 0 Å². The van der Waals surface area contributed by atoms with Crippen LogP contribution >= 0.6 is 0 Å². The molecule has 1 N–H and O–H groups in total. The Bertz CT molecular complexity index is 627. The summed E-state index contributed by atoms with van der Waals surface area (Å²) in [5, 5.41) is 2.79. The van der Waals surface area contributed by atoms with Crippen LogP contribution < -0.4 is 10.2 Å². The Balaban J connectivity index is 1.94. The first-order valence-corrected chi connectivity index (χ1v) is 9.00. The van der Waals surface area contributed by atoms with Crippen molar-refractivity contribution in [3.8, 4) is 0 Å². The molecule has 1 aliphatic carbocycles. The molecule has 0 atom stereocenters. The summed E-state index contributed by atoms with van der Waals surface area (Å²) in [6.07, 6.45) is 3.97. The van der Waals surface area contributed by atoms with Crippen LogP contribution in [-0.4, -0.2) is 37.5 Å². The van der Waals surface area contributed by atoms with Crippen molar-refractivity contribution in [2.24, 2.45) is 5.92 Å². The molecule has 7 heteroatoms. The van der Waals surface area contributed by atoms with Gasteiger partial charge in [-0.2, -0.15) is 0 Å². The third-order valence-electron chi connectivity index (χ3n) is 4.40. The first kappa shape index (κ1) is 19.9. The van der Waals surface area contributed by atoms with E-state index in [4.69, 9.17) is 4.74 Å². The van der Waals surface area contributed by atoms with Crippen molar-refractivity contribution >= 4 is 23.5 Å². The summed E-state index contributed by atoms with van der Waals surface area (Å²) < 4.78 is 18.0. The third-order valence-corrected chi connectivity index (χ3v) is 4.40. The fraction of sp³-hybridized carbons (Fsp3) is 0.526. The van der Waals surface area contributed by atoms with Gasteiger partial charge < -0.3 is 15.0 Å². The van der Waals surface area contributed by atoms with Crippen LogP contribution in [0.5, 0.6) is 0 Å². The molecule has 1 aromatic rings. The van der Waals surface area contributed by atoms with Gasteiger partial charge in [0.1, 0.15) is 12.4 Å². The summed E-state index contributed by atoms with van der Waals surface area (Å²) in [5.41, 5.74) is 0.409. The van der Waals surface area contributed by atoms with Crippen molar-refractivity contribution in [2.75, 3.05) is 24.6 Å². The van der Waals surface area contributed by atoms with E-state index in [0.717, 1.165) is 25.7 Å². The molecule has 2 amide bonds. The van der Waals surface area contributed by atoms with E-state index in [1.54, 1.807) is 6.92 Å². The summed E-state index contributed by atoms with van der Waals surface area (Å²) in [5.74, 6) is -1.29. The van der Waals surface area contributed by atoms with Gasteiger partial charge in [0.15, 0.2) is 0 Å². The van der Waals surface area contributed by atoms with E-state index in [-0.39, 0.29) is 43.8 Å². The molecule has 0 radical (unpaired) electrons. The lowest BCUT2D eigenvalue weighted by Crippen LogP contribution is -2.39. The van der Waals surface area contributed by atoms with Crippen LogP contribution in [0.15, 0.2) is 24.3 Å². The van der Waals surface area contributed by atoms with Crippen molar-refractivity contribution < 1.29 is 23.5 Å². The number of nitrogens with zero attached hydrogens (tertiary/aromatic N) is 1. The second-order valence-electron chi connectivity index (χ2n) is 6.28. The van der Waals surface area contributed by atoms with Gasteiger partial charge in [0.25, 0.3) is 0 Å². The molecule has 1 fully saturated rings. The topological polar surface area (TPSA) is 75.7 Å². The monoisotopic (exact) mass is 364 g/mol. The SMILES string of the molecule is CCOC(=O)CN(C(=O)CCNC(=O)C1CCCC1)c1ccc(F)cc1. The quantitative estimate of drug-likeness (QED) is 0.719. The zero-order valence-electron chi connectivity index (χ0n) is 15.0. The molecule has 6 nitrogen and oxygen atoms in total. The molecular weight excluding hydrogens is 339 g/mol. The average Bonchev–Trinajstić information content (AvgIpc) is 3.15. The Morgan fingerprint density at radius 2 is 1.85 bits per heavy atom. The number of hydrogen-bond acceptors (Lipinski definition) is 4. The second kappa shape index (κ2) is 9.89. The molecule has 0 aliphatic heterocycles. The van der Waals surface area contributed by atoms with Crippen molar-refractivity contribution in [2.45, 2.75) is 39.0 Å². The van der Waals surface area contributed by atoms with Crippen LogP contribution in [0.2, 0.25) is 0 Å². The number of carbonyl (C=O) groups is 3. The van der Waals surface area contributed by atoms with Gasteiger partial charge >= 0.3 is 5.97 Å². The maximum atomic E-state index is 13.1. The van der Waals surface area contributed by atoms with Crippen molar-refractivity contribution in [3.63, 3.8) is 0 Å². The molecule has 0 heterocycles. The molecule has 0 spiro atoms. The number of esters is 1. The van der Waals surface area contributed by atoms with Gasteiger partial charge in [-0.25, -0.2) is 4.39 Å². The van der Waals surface area contributed by atoms with Gasteiger partial charge in [-0.1, -0.05) is 12.8 Å². The molecular formula is C19H25FN2O4. The number of benzene rings is 1. The maximum absolute atomic E-state index is 13.1. The Hall–Kier alpha value is -2.44. The molecule has 1 aliphatic rings. The van der Waals surface area contributed by atoms with E-state index < -0.39 is 11.8 Å². The number of amides is 2. The highest BCUT2D eigenvalue weighted by atomic mass is 19.1. The Morgan fingerprint density at radius 3 is 2.46 bits per heavy atom. The fourth-order valence-electron chi connectivity index (χ4n) is 3.04. The van der Waals surface area contributed by atoms with Gasteiger partial charge in [0.2, 0.25) is 11.8 Å². The minimum absolute atomic E-state index is 0.0194. The first-order valence-electron chi connectivity index (χ1n) is 9.00.